The molecule has 6 heteroatoms. The maximum Gasteiger partial charge on any atom is 0.220 e. The number of quaternary nitrogens is 1. The summed E-state index contributed by atoms with van der Waals surface area (Å²) in [5.74, 6) is -0.573. The quantitative estimate of drug-likeness (QED) is 0.727. The topological polar surface area (TPSA) is 65.2 Å². The highest BCUT2D eigenvalue weighted by Crippen LogP contribution is 2.29. The molecule has 0 aliphatic carbocycles. The molecular formula is C19H22FN2O3+. The van der Waals surface area contributed by atoms with Crippen molar-refractivity contribution >= 4 is 11.5 Å². The minimum Gasteiger partial charge on any atom is -0.508 e. The van der Waals surface area contributed by atoms with E-state index in [1.165, 1.54) is 18.2 Å². The van der Waals surface area contributed by atoms with Crippen LogP contribution in [0, 0.1) is 12.7 Å². The number of nitrogens with zero attached hydrogens (tertiary/aromatic N) is 1. The van der Waals surface area contributed by atoms with Crippen molar-refractivity contribution < 1.29 is 24.3 Å². The van der Waals surface area contributed by atoms with Crippen molar-refractivity contribution in [2.45, 2.75) is 6.92 Å². The van der Waals surface area contributed by atoms with E-state index in [9.17, 15) is 19.4 Å². The maximum atomic E-state index is 13.9. The van der Waals surface area contributed by atoms with E-state index in [0.29, 0.717) is 24.3 Å². The lowest BCUT2D eigenvalue weighted by Crippen LogP contribution is -3.15. The van der Waals surface area contributed by atoms with Crippen molar-refractivity contribution in [3.05, 3.63) is 53.3 Å². The summed E-state index contributed by atoms with van der Waals surface area (Å²) in [6.07, 6.45) is 0. The molecule has 25 heavy (non-hydrogen) atoms. The van der Waals surface area contributed by atoms with Crippen LogP contribution in [-0.4, -0.2) is 48.7 Å². The second-order valence-electron chi connectivity index (χ2n) is 6.39. The summed E-state index contributed by atoms with van der Waals surface area (Å²) in [4.78, 5) is 15.6. The van der Waals surface area contributed by atoms with Gasteiger partial charge in [0, 0.05) is 5.56 Å². The van der Waals surface area contributed by atoms with Gasteiger partial charge >= 0.3 is 0 Å². The summed E-state index contributed by atoms with van der Waals surface area (Å²) in [5, 5.41) is 19.6. The van der Waals surface area contributed by atoms with Gasteiger partial charge in [0.25, 0.3) is 0 Å². The molecule has 0 radical (unpaired) electrons. The van der Waals surface area contributed by atoms with Gasteiger partial charge in [0.15, 0.2) is 0 Å². The number of para-hydroxylation sites is 1. The Kier molecular flexibility index (Phi) is 4.90. The van der Waals surface area contributed by atoms with Crippen molar-refractivity contribution in [2.24, 2.45) is 0 Å². The molecular weight excluding hydrogens is 323 g/mol. The van der Waals surface area contributed by atoms with Crippen molar-refractivity contribution in [1.82, 2.24) is 0 Å². The SMILES string of the molecule is Cc1c(O)ccc(C(=O)C[NH+]2CCN(c3ccccc3F)CC2)c1O. The van der Waals surface area contributed by atoms with E-state index in [2.05, 4.69) is 0 Å². The van der Waals surface area contributed by atoms with E-state index in [1.54, 1.807) is 19.1 Å². The van der Waals surface area contributed by atoms with Crippen LogP contribution in [0.25, 0.3) is 0 Å². The average Bonchev–Trinajstić information content (AvgIpc) is 2.61. The number of carbonyl (C=O) groups is 1. The Morgan fingerprint density at radius 3 is 2.52 bits per heavy atom. The van der Waals surface area contributed by atoms with Crippen LogP contribution >= 0.6 is 0 Å². The molecule has 1 heterocycles. The van der Waals surface area contributed by atoms with Gasteiger partial charge in [-0.3, -0.25) is 4.79 Å². The van der Waals surface area contributed by atoms with Crippen LogP contribution in [0.2, 0.25) is 0 Å². The van der Waals surface area contributed by atoms with Crippen molar-refractivity contribution in [1.29, 1.82) is 0 Å². The lowest BCUT2D eigenvalue weighted by atomic mass is 10.0. The number of benzene rings is 2. The summed E-state index contributed by atoms with van der Waals surface area (Å²) < 4.78 is 13.9. The summed E-state index contributed by atoms with van der Waals surface area (Å²) >= 11 is 0. The number of nitrogens with one attached hydrogen (secondary N) is 1. The van der Waals surface area contributed by atoms with Gasteiger partial charge in [-0.25, -0.2) is 4.39 Å². The first-order valence-electron chi connectivity index (χ1n) is 8.35. The van der Waals surface area contributed by atoms with Crippen LogP contribution in [0.4, 0.5) is 10.1 Å². The number of rotatable bonds is 4. The number of phenols is 2. The van der Waals surface area contributed by atoms with E-state index in [0.717, 1.165) is 18.0 Å². The second kappa shape index (κ2) is 7.11. The van der Waals surface area contributed by atoms with Crippen LogP contribution in [0.3, 0.4) is 0 Å². The largest absolute Gasteiger partial charge is 0.508 e. The average molecular weight is 345 g/mol. The third-order valence-corrected chi connectivity index (χ3v) is 4.78. The Morgan fingerprint density at radius 1 is 1.16 bits per heavy atom. The number of Topliss-reactive ketones (excluding diaryl/α,β-unsaturated/α-hetero) is 1. The summed E-state index contributed by atoms with van der Waals surface area (Å²) in [6, 6.07) is 9.59. The summed E-state index contributed by atoms with van der Waals surface area (Å²) in [7, 11) is 0. The van der Waals surface area contributed by atoms with Gasteiger partial charge in [0.05, 0.1) is 37.4 Å². The number of aromatic hydroxyl groups is 2. The molecule has 0 spiro atoms. The molecule has 0 bridgehead atoms. The zero-order chi connectivity index (χ0) is 18.0. The van der Waals surface area contributed by atoms with E-state index >= 15 is 0 Å². The standard InChI is InChI=1S/C19H21FN2O3/c1-13-17(23)7-6-14(19(13)25)18(24)12-21-8-10-22(11-9-21)16-5-3-2-4-15(16)20/h2-7,23,25H,8-12H2,1H3/p+1. The van der Waals surface area contributed by atoms with Gasteiger partial charge in [-0.05, 0) is 31.2 Å². The Labute approximate surface area is 145 Å². The molecule has 2 aromatic rings. The number of anilines is 1. The smallest absolute Gasteiger partial charge is 0.220 e. The minimum absolute atomic E-state index is 0.0279. The van der Waals surface area contributed by atoms with Crippen LogP contribution < -0.4 is 9.80 Å². The monoisotopic (exact) mass is 345 g/mol. The molecule has 1 aliphatic heterocycles. The van der Waals surface area contributed by atoms with Crippen LogP contribution in [-0.2, 0) is 0 Å². The molecule has 3 N–H and O–H groups in total. The first-order valence-corrected chi connectivity index (χ1v) is 8.35. The molecule has 5 nitrogen and oxygen atoms in total. The van der Waals surface area contributed by atoms with Gasteiger partial charge in [0.2, 0.25) is 5.78 Å². The van der Waals surface area contributed by atoms with Gasteiger partial charge in [-0.2, -0.15) is 0 Å². The summed E-state index contributed by atoms with van der Waals surface area (Å²) in [6.45, 7) is 4.62. The van der Waals surface area contributed by atoms with Crippen LogP contribution in [0.1, 0.15) is 15.9 Å². The molecule has 2 aromatic carbocycles. The van der Waals surface area contributed by atoms with Gasteiger partial charge in [-0.1, -0.05) is 12.1 Å². The molecule has 132 valence electrons. The number of hydrogen-bond acceptors (Lipinski definition) is 4. The molecule has 0 saturated carbocycles. The molecule has 1 fully saturated rings. The Bertz CT molecular complexity index is 786. The fourth-order valence-corrected chi connectivity index (χ4v) is 3.19. The van der Waals surface area contributed by atoms with Crippen LogP contribution in [0.5, 0.6) is 11.5 Å². The Balaban J connectivity index is 1.62. The predicted molar refractivity (Wildman–Crippen MR) is 93.0 cm³/mol. The maximum absolute atomic E-state index is 13.9. The Morgan fingerprint density at radius 2 is 1.84 bits per heavy atom. The first kappa shape index (κ1) is 17.2. The highest BCUT2D eigenvalue weighted by molar-refractivity contribution is 5.99. The highest BCUT2D eigenvalue weighted by atomic mass is 19.1. The molecule has 1 aliphatic rings. The molecule has 0 unspecified atom stereocenters. The zero-order valence-corrected chi connectivity index (χ0v) is 14.1. The highest BCUT2D eigenvalue weighted by Gasteiger charge is 2.25. The molecule has 3 rings (SSSR count). The first-order chi connectivity index (χ1) is 12.0. The number of piperazine rings is 1. The normalized spacial score (nSPS) is 15.4. The van der Waals surface area contributed by atoms with Crippen molar-refractivity contribution in [2.75, 3.05) is 37.6 Å². The van der Waals surface area contributed by atoms with Crippen LogP contribution in [0.15, 0.2) is 36.4 Å². The van der Waals surface area contributed by atoms with E-state index in [-0.39, 0.29) is 35.2 Å². The van der Waals surface area contributed by atoms with E-state index < -0.39 is 0 Å². The fourth-order valence-electron chi connectivity index (χ4n) is 3.19. The lowest BCUT2D eigenvalue weighted by Gasteiger charge is -2.33. The molecule has 0 amide bonds. The molecule has 0 aromatic heterocycles. The lowest BCUT2D eigenvalue weighted by molar-refractivity contribution is -0.892. The number of ketones is 1. The molecule has 0 atom stereocenters. The number of phenolic OH excluding ortho intramolecular Hbond substituents is 2. The zero-order valence-electron chi connectivity index (χ0n) is 14.1. The van der Waals surface area contributed by atoms with Crippen molar-refractivity contribution in [3.8, 4) is 11.5 Å². The second-order valence-corrected chi connectivity index (χ2v) is 6.39. The van der Waals surface area contributed by atoms with Gasteiger partial charge in [-0.15, -0.1) is 0 Å². The molecule has 1 saturated heterocycles. The van der Waals surface area contributed by atoms with E-state index in [1.807, 2.05) is 11.0 Å². The van der Waals surface area contributed by atoms with Gasteiger partial charge in [0.1, 0.15) is 23.9 Å². The summed E-state index contributed by atoms with van der Waals surface area (Å²) in [5.41, 5.74) is 1.14. The number of halogens is 1. The number of hydrogen-bond donors (Lipinski definition) is 3. The van der Waals surface area contributed by atoms with E-state index in [4.69, 9.17) is 0 Å². The third-order valence-electron chi connectivity index (χ3n) is 4.78. The van der Waals surface area contributed by atoms with Crippen molar-refractivity contribution in [3.63, 3.8) is 0 Å². The minimum atomic E-state index is -0.230. The Hall–Kier alpha value is -2.60. The van der Waals surface area contributed by atoms with Gasteiger partial charge < -0.3 is 20.0 Å². The number of carbonyl (C=O) groups excluding carboxylic acids is 1. The fraction of sp³-hybridized carbons (Fsp3) is 0.316. The predicted octanol–water partition coefficient (Wildman–Crippen LogP) is 1.13. The third kappa shape index (κ3) is 3.58.